The average molecular weight is 577 g/mol. The number of benzene rings is 2. The van der Waals surface area contributed by atoms with Crippen LogP contribution >= 0.6 is 22.9 Å². The normalized spacial score (nSPS) is 19.5. The number of rotatable bonds is 7. The van der Waals surface area contributed by atoms with Gasteiger partial charge in [0.15, 0.2) is 0 Å². The molecule has 3 aromatic rings. The fraction of sp³-hybridized carbons (Fsp3) is 0.423. The summed E-state index contributed by atoms with van der Waals surface area (Å²) in [5, 5.41) is 4.72. The summed E-state index contributed by atoms with van der Waals surface area (Å²) in [6.45, 7) is 5.69. The Kier molecular flexibility index (Phi) is 7.74. The number of carbonyl (C=O) groups excluding carboxylic acids is 2. The first-order chi connectivity index (χ1) is 18.1. The largest absolute Gasteiger partial charge is 0.378 e. The molecule has 2 fully saturated rings. The third kappa shape index (κ3) is 5.30. The smallest absolute Gasteiger partial charge is 0.245 e. The summed E-state index contributed by atoms with van der Waals surface area (Å²) in [5.41, 5.74) is 0.576. The Balaban J connectivity index is 1.45. The van der Waals surface area contributed by atoms with Gasteiger partial charge in [-0.1, -0.05) is 23.7 Å². The van der Waals surface area contributed by atoms with E-state index >= 15 is 0 Å². The number of hydrogen-bond acceptors (Lipinski definition) is 7. The maximum absolute atomic E-state index is 14.1. The Morgan fingerprint density at radius 2 is 1.89 bits per heavy atom. The van der Waals surface area contributed by atoms with Crippen LogP contribution in [0.2, 0.25) is 5.02 Å². The lowest BCUT2D eigenvalue weighted by atomic mass is 10.1. The number of morpholine rings is 1. The van der Waals surface area contributed by atoms with Crippen molar-refractivity contribution in [3.05, 3.63) is 57.5 Å². The predicted octanol–water partition coefficient (Wildman–Crippen LogP) is 3.30. The highest BCUT2D eigenvalue weighted by atomic mass is 35.5. The number of aromatic nitrogens is 1. The molecular formula is C26H29ClN4O5S2. The van der Waals surface area contributed by atoms with Crippen molar-refractivity contribution in [2.24, 2.45) is 0 Å². The number of halogens is 1. The van der Waals surface area contributed by atoms with Crippen LogP contribution < -0.4 is 0 Å². The number of ether oxygens (including phenoxy) is 1. The fourth-order valence-corrected chi connectivity index (χ4v) is 7.42. The number of nitrogens with zero attached hydrogens (tertiary/aromatic N) is 4. The number of likely N-dealkylation sites (tertiary alicyclic amines) is 1. The van der Waals surface area contributed by atoms with Gasteiger partial charge in [-0.25, -0.2) is 13.4 Å². The second kappa shape index (κ2) is 10.9. The van der Waals surface area contributed by atoms with E-state index in [1.54, 1.807) is 42.2 Å². The minimum absolute atomic E-state index is 0.0403. The van der Waals surface area contributed by atoms with Gasteiger partial charge in [0.2, 0.25) is 21.8 Å². The topological polar surface area (TPSA) is 100 Å². The Hall–Kier alpha value is -2.57. The Morgan fingerprint density at radius 3 is 2.61 bits per heavy atom. The number of thiazole rings is 1. The second-order valence-electron chi connectivity index (χ2n) is 9.51. The highest BCUT2D eigenvalue weighted by Crippen LogP contribution is 2.30. The van der Waals surface area contributed by atoms with E-state index in [1.165, 1.54) is 26.6 Å². The quantitative estimate of drug-likeness (QED) is 0.428. The van der Waals surface area contributed by atoms with Gasteiger partial charge in [0.25, 0.3) is 0 Å². The van der Waals surface area contributed by atoms with E-state index in [9.17, 15) is 18.0 Å². The molecule has 0 bridgehead atoms. The van der Waals surface area contributed by atoms with Crippen LogP contribution in [0.1, 0.15) is 24.0 Å². The molecule has 3 heterocycles. The molecular weight excluding hydrogens is 548 g/mol. The van der Waals surface area contributed by atoms with Crippen molar-refractivity contribution in [2.45, 2.75) is 43.8 Å². The van der Waals surface area contributed by atoms with Crippen molar-refractivity contribution in [2.75, 3.05) is 32.8 Å². The number of fused-ring (bicyclic) bond motifs is 1. The van der Waals surface area contributed by atoms with Crippen LogP contribution in [0, 0.1) is 6.92 Å². The molecule has 12 heteroatoms. The van der Waals surface area contributed by atoms with E-state index in [-0.39, 0.29) is 29.7 Å². The summed E-state index contributed by atoms with van der Waals surface area (Å²) in [7, 11) is -4.09. The highest BCUT2D eigenvalue weighted by molar-refractivity contribution is 7.89. The Labute approximate surface area is 231 Å². The maximum Gasteiger partial charge on any atom is 0.245 e. The first-order valence-corrected chi connectivity index (χ1v) is 15.1. The Bertz CT molecular complexity index is 1470. The van der Waals surface area contributed by atoms with E-state index in [0.29, 0.717) is 43.6 Å². The SMILES string of the molecule is Cc1nc(CN(C2CCN(C(C)C(=O)N3CCOCC3)C2=O)S(=O)(=O)c2ccc3cc(Cl)ccc3c2)cs1. The van der Waals surface area contributed by atoms with Gasteiger partial charge in [0.1, 0.15) is 12.1 Å². The third-order valence-electron chi connectivity index (χ3n) is 7.07. The van der Waals surface area contributed by atoms with Crippen LogP contribution in [0.5, 0.6) is 0 Å². The molecule has 0 radical (unpaired) electrons. The van der Waals surface area contributed by atoms with Crippen LogP contribution in [0.15, 0.2) is 46.7 Å². The molecule has 2 amide bonds. The summed E-state index contributed by atoms with van der Waals surface area (Å²) in [6, 6.07) is 8.47. The average Bonchev–Trinajstić information content (AvgIpc) is 3.50. The molecule has 2 aliphatic heterocycles. The summed E-state index contributed by atoms with van der Waals surface area (Å²) < 4.78 is 34.7. The van der Waals surface area contributed by atoms with E-state index in [1.807, 2.05) is 12.3 Å². The lowest BCUT2D eigenvalue weighted by Crippen LogP contribution is -2.53. The summed E-state index contributed by atoms with van der Waals surface area (Å²) in [5.74, 6) is -0.526. The van der Waals surface area contributed by atoms with Crippen molar-refractivity contribution in [3.63, 3.8) is 0 Å². The molecule has 0 aliphatic carbocycles. The zero-order valence-electron chi connectivity index (χ0n) is 21.2. The Morgan fingerprint density at radius 1 is 1.18 bits per heavy atom. The number of aryl methyl sites for hydroxylation is 1. The standard InChI is InChI=1S/C26H29ClN4O5S2/c1-17(25(32)29-9-11-36-12-10-29)30-8-7-24(26(30)33)31(15-22-16-37-18(2)28-22)38(34,35)23-6-4-19-13-21(27)5-3-20(19)14-23/h3-6,13-14,16-17,24H,7-12,15H2,1-2H3. The number of hydrogen-bond donors (Lipinski definition) is 0. The first-order valence-electron chi connectivity index (χ1n) is 12.4. The molecule has 38 heavy (non-hydrogen) atoms. The van der Waals surface area contributed by atoms with E-state index in [0.717, 1.165) is 15.8 Å². The van der Waals surface area contributed by atoms with Crippen LogP contribution in [-0.4, -0.2) is 84.3 Å². The molecule has 0 spiro atoms. The minimum Gasteiger partial charge on any atom is -0.378 e. The summed E-state index contributed by atoms with van der Waals surface area (Å²) in [6.07, 6.45) is 0.283. The lowest BCUT2D eigenvalue weighted by molar-refractivity contribution is -0.146. The molecule has 0 N–H and O–H groups in total. The van der Waals surface area contributed by atoms with Gasteiger partial charge in [-0.05, 0) is 55.3 Å². The minimum atomic E-state index is -4.09. The first kappa shape index (κ1) is 27.0. The zero-order valence-corrected chi connectivity index (χ0v) is 23.6. The van der Waals surface area contributed by atoms with Gasteiger partial charge in [0, 0.05) is 30.0 Å². The molecule has 202 valence electrons. The van der Waals surface area contributed by atoms with Crippen LogP contribution in [0.3, 0.4) is 0 Å². The summed E-state index contributed by atoms with van der Waals surface area (Å²) >= 11 is 7.52. The third-order valence-corrected chi connectivity index (χ3v) is 9.98. The number of sulfonamides is 1. The molecule has 2 unspecified atom stereocenters. The van der Waals surface area contributed by atoms with Crippen molar-refractivity contribution in [1.29, 1.82) is 0 Å². The summed E-state index contributed by atoms with van der Waals surface area (Å²) in [4.78, 5) is 34.5. The van der Waals surface area contributed by atoms with E-state index < -0.39 is 22.1 Å². The molecule has 2 atom stereocenters. The van der Waals surface area contributed by atoms with Gasteiger partial charge >= 0.3 is 0 Å². The van der Waals surface area contributed by atoms with Crippen LogP contribution in [-0.2, 0) is 30.9 Å². The molecule has 2 saturated heterocycles. The fourth-order valence-electron chi connectivity index (χ4n) is 5.01. The van der Waals surface area contributed by atoms with E-state index in [4.69, 9.17) is 16.3 Å². The van der Waals surface area contributed by atoms with Gasteiger partial charge in [-0.2, -0.15) is 4.31 Å². The molecule has 9 nitrogen and oxygen atoms in total. The van der Waals surface area contributed by atoms with Crippen molar-refractivity contribution < 1.29 is 22.7 Å². The van der Waals surface area contributed by atoms with Crippen molar-refractivity contribution in [1.82, 2.24) is 19.1 Å². The van der Waals surface area contributed by atoms with Crippen LogP contribution in [0.25, 0.3) is 10.8 Å². The zero-order chi connectivity index (χ0) is 27.0. The maximum atomic E-state index is 14.1. The van der Waals surface area contributed by atoms with Crippen molar-refractivity contribution >= 4 is 55.5 Å². The highest BCUT2D eigenvalue weighted by Gasteiger charge is 2.45. The van der Waals surface area contributed by atoms with Gasteiger partial charge < -0.3 is 14.5 Å². The monoisotopic (exact) mass is 576 g/mol. The molecule has 5 rings (SSSR count). The van der Waals surface area contributed by atoms with E-state index in [2.05, 4.69) is 4.98 Å². The van der Waals surface area contributed by atoms with Gasteiger partial charge in [-0.15, -0.1) is 11.3 Å². The molecule has 0 saturated carbocycles. The second-order valence-corrected chi connectivity index (χ2v) is 12.9. The molecule has 2 aromatic carbocycles. The van der Waals surface area contributed by atoms with Gasteiger partial charge in [0.05, 0.1) is 35.4 Å². The molecule has 1 aromatic heterocycles. The lowest BCUT2D eigenvalue weighted by Gasteiger charge is -2.33. The van der Waals surface area contributed by atoms with Gasteiger partial charge in [-0.3, -0.25) is 9.59 Å². The predicted molar refractivity (Wildman–Crippen MR) is 146 cm³/mol. The number of amides is 2. The molecule has 2 aliphatic rings. The van der Waals surface area contributed by atoms with Crippen molar-refractivity contribution in [3.8, 4) is 0 Å². The number of carbonyl (C=O) groups is 2. The van der Waals surface area contributed by atoms with Crippen LogP contribution in [0.4, 0.5) is 0 Å².